The van der Waals surface area contributed by atoms with E-state index in [1.807, 2.05) is 30.3 Å². The number of nitrogens with zero attached hydrogens (tertiary/aromatic N) is 5. The lowest BCUT2D eigenvalue weighted by Crippen LogP contribution is -2.30. The van der Waals surface area contributed by atoms with Crippen molar-refractivity contribution in [2.24, 2.45) is 11.7 Å². The maximum atomic E-state index is 5.78. The number of nitrogens with two attached hydrogens (primary N) is 1. The number of aromatic nitrogens is 4. The van der Waals surface area contributed by atoms with Crippen molar-refractivity contribution in [3.63, 3.8) is 0 Å². The van der Waals surface area contributed by atoms with Gasteiger partial charge in [-0.15, -0.1) is 0 Å². The Labute approximate surface area is 112 Å². The van der Waals surface area contributed by atoms with Gasteiger partial charge >= 0.3 is 0 Å². The highest BCUT2D eigenvalue weighted by molar-refractivity contribution is 5.42. The molecule has 3 rings (SSSR count). The summed E-state index contributed by atoms with van der Waals surface area (Å²) in [5.74, 6) is 1.32. The van der Waals surface area contributed by atoms with E-state index in [4.69, 9.17) is 5.73 Å². The van der Waals surface area contributed by atoms with E-state index >= 15 is 0 Å². The zero-order valence-electron chi connectivity index (χ0n) is 11.0. The van der Waals surface area contributed by atoms with E-state index in [0.29, 0.717) is 18.5 Å². The Morgan fingerprint density at radius 3 is 2.79 bits per heavy atom. The Bertz CT molecular complexity index is 537. The predicted molar refractivity (Wildman–Crippen MR) is 73.1 cm³/mol. The summed E-state index contributed by atoms with van der Waals surface area (Å²) in [6, 6.07) is 10.4. The first-order chi connectivity index (χ1) is 9.29. The molecule has 6 nitrogen and oxygen atoms in total. The van der Waals surface area contributed by atoms with Gasteiger partial charge in [0.2, 0.25) is 0 Å². The summed E-state index contributed by atoms with van der Waals surface area (Å²) in [6.07, 6.45) is 1.10. The van der Waals surface area contributed by atoms with Crippen molar-refractivity contribution in [3.8, 4) is 5.69 Å². The van der Waals surface area contributed by atoms with Crippen molar-refractivity contribution < 1.29 is 0 Å². The summed E-state index contributed by atoms with van der Waals surface area (Å²) in [7, 11) is 0. The highest BCUT2D eigenvalue weighted by Crippen LogP contribution is 2.27. The van der Waals surface area contributed by atoms with Crippen LogP contribution in [0, 0.1) is 5.92 Å². The number of rotatable bonds is 3. The molecule has 0 aliphatic carbocycles. The van der Waals surface area contributed by atoms with Crippen LogP contribution in [-0.4, -0.2) is 39.3 Å². The molecular formula is C13H18N6. The Balaban J connectivity index is 1.93. The summed E-state index contributed by atoms with van der Waals surface area (Å²) in [6.45, 7) is 3.83. The molecule has 19 heavy (non-hydrogen) atoms. The van der Waals surface area contributed by atoms with Crippen LogP contribution in [0.25, 0.3) is 5.69 Å². The minimum atomic E-state index is 0.419. The van der Waals surface area contributed by atoms with Gasteiger partial charge in [0.05, 0.1) is 5.69 Å². The third kappa shape index (κ3) is 2.19. The van der Waals surface area contributed by atoms with Gasteiger partial charge in [0.25, 0.3) is 5.95 Å². The highest BCUT2D eigenvalue weighted by atomic mass is 15.6. The van der Waals surface area contributed by atoms with Crippen LogP contribution < -0.4 is 10.6 Å². The second-order valence-corrected chi connectivity index (χ2v) is 5.07. The van der Waals surface area contributed by atoms with E-state index < -0.39 is 0 Å². The minimum Gasteiger partial charge on any atom is -0.336 e. The van der Waals surface area contributed by atoms with Crippen molar-refractivity contribution in [2.45, 2.75) is 19.4 Å². The maximum absolute atomic E-state index is 5.78. The molecule has 2 unspecified atom stereocenters. The lowest BCUT2D eigenvalue weighted by Gasteiger charge is -2.21. The van der Waals surface area contributed by atoms with Gasteiger partial charge in [-0.1, -0.05) is 23.3 Å². The van der Waals surface area contributed by atoms with Crippen LogP contribution in [0.5, 0.6) is 0 Å². The quantitative estimate of drug-likeness (QED) is 0.883. The van der Waals surface area contributed by atoms with Crippen molar-refractivity contribution in [3.05, 3.63) is 30.3 Å². The van der Waals surface area contributed by atoms with Crippen molar-refractivity contribution in [1.29, 1.82) is 0 Å². The van der Waals surface area contributed by atoms with E-state index in [-0.39, 0.29) is 0 Å². The van der Waals surface area contributed by atoms with Gasteiger partial charge in [-0.2, -0.15) is 4.68 Å². The summed E-state index contributed by atoms with van der Waals surface area (Å²) in [4.78, 5) is 2.24. The van der Waals surface area contributed by atoms with E-state index in [0.717, 1.165) is 24.6 Å². The first-order valence-electron chi connectivity index (χ1n) is 6.60. The summed E-state index contributed by atoms with van der Waals surface area (Å²) in [5.41, 5.74) is 6.75. The second kappa shape index (κ2) is 4.97. The lowest BCUT2D eigenvalue weighted by atomic mass is 10.1. The van der Waals surface area contributed by atoms with Gasteiger partial charge in [0.15, 0.2) is 0 Å². The molecule has 1 aromatic carbocycles. The zero-order valence-corrected chi connectivity index (χ0v) is 11.0. The van der Waals surface area contributed by atoms with E-state index in [2.05, 4.69) is 27.3 Å². The zero-order chi connectivity index (χ0) is 13.2. The fourth-order valence-electron chi connectivity index (χ4n) is 2.69. The SMILES string of the molecule is CC1CC(CN)CN1c1nnnn1-c1ccccc1. The molecule has 6 heteroatoms. The number of benzene rings is 1. The van der Waals surface area contributed by atoms with Crippen molar-refractivity contribution >= 4 is 5.95 Å². The summed E-state index contributed by atoms with van der Waals surface area (Å²) >= 11 is 0. The fourth-order valence-corrected chi connectivity index (χ4v) is 2.69. The lowest BCUT2D eigenvalue weighted by molar-refractivity contribution is 0.579. The van der Waals surface area contributed by atoms with E-state index in [1.165, 1.54) is 0 Å². The van der Waals surface area contributed by atoms with Gasteiger partial charge in [-0.05, 0) is 48.4 Å². The molecule has 1 aliphatic rings. The van der Waals surface area contributed by atoms with Crippen molar-refractivity contribution in [1.82, 2.24) is 20.2 Å². The number of tetrazole rings is 1. The normalized spacial score (nSPS) is 22.9. The van der Waals surface area contributed by atoms with Crippen LogP contribution in [0.15, 0.2) is 30.3 Å². The molecule has 1 fully saturated rings. The Hall–Kier alpha value is -1.95. The second-order valence-electron chi connectivity index (χ2n) is 5.07. The topological polar surface area (TPSA) is 72.9 Å². The first-order valence-corrected chi connectivity index (χ1v) is 6.60. The maximum Gasteiger partial charge on any atom is 0.250 e. The van der Waals surface area contributed by atoms with Gasteiger partial charge in [-0.25, -0.2) is 0 Å². The molecule has 100 valence electrons. The Kier molecular flexibility index (Phi) is 3.16. The molecule has 0 bridgehead atoms. The monoisotopic (exact) mass is 258 g/mol. The van der Waals surface area contributed by atoms with Crippen LogP contribution in [-0.2, 0) is 0 Å². The van der Waals surface area contributed by atoms with Gasteiger partial charge in [0, 0.05) is 12.6 Å². The smallest absolute Gasteiger partial charge is 0.250 e. The Morgan fingerprint density at radius 1 is 1.32 bits per heavy atom. The van der Waals surface area contributed by atoms with Crippen molar-refractivity contribution in [2.75, 3.05) is 18.0 Å². The van der Waals surface area contributed by atoms with Crippen LogP contribution in [0.2, 0.25) is 0 Å². The number of anilines is 1. The number of hydrogen-bond acceptors (Lipinski definition) is 5. The van der Waals surface area contributed by atoms with Gasteiger partial charge in [-0.3, -0.25) is 0 Å². The van der Waals surface area contributed by atoms with Crippen LogP contribution >= 0.6 is 0 Å². The predicted octanol–water partition coefficient (Wildman–Crippen LogP) is 0.836. The third-order valence-electron chi connectivity index (χ3n) is 3.71. The molecule has 1 aromatic heterocycles. The minimum absolute atomic E-state index is 0.419. The molecule has 2 N–H and O–H groups in total. The number of hydrogen-bond donors (Lipinski definition) is 1. The third-order valence-corrected chi connectivity index (χ3v) is 3.71. The molecule has 1 aliphatic heterocycles. The molecule has 2 atom stereocenters. The average molecular weight is 258 g/mol. The summed E-state index contributed by atoms with van der Waals surface area (Å²) in [5, 5.41) is 12.1. The Morgan fingerprint density at radius 2 is 2.11 bits per heavy atom. The fraction of sp³-hybridized carbons (Fsp3) is 0.462. The molecular weight excluding hydrogens is 240 g/mol. The van der Waals surface area contributed by atoms with E-state index in [1.54, 1.807) is 4.68 Å². The molecule has 2 heterocycles. The van der Waals surface area contributed by atoms with Gasteiger partial charge in [0.1, 0.15) is 0 Å². The van der Waals surface area contributed by atoms with E-state index in [9.17, 15) is 0 Å². The highest BCUT2D eigenvalue weighted by Gasteiger charge is 2.31. The van der Waals surface area contributed by atoms with Crippen LogP contribution in [0.3, 0.4) is 0 Å². The molecule has 2 aromatic rings. The summed E-state index contributed by atoms with van der Waals surface area (Å²) < 4.78 is 1.79. The van der Waals surface area contributed by atoms with Crippen LogP contribution in [0.4, 0.5) is 5.95 Å². The molecule has 0 amide bonds. The molecule has 0 spiro atoms. The van der Waals surface area contributed by atoms with Crippen LogP contribution in [0.1, 0.15) is 13.3 Å². The standard InChI is InChI=1S/C13H18N6/c1-10-7-11(8-14)9-18(10)13-15-16-17-19(13)12-5-3-2-4-6-12/h2-6,10-11H,7-9,14H2,1H3. The molecule has 0 radical (unpaired) electrons. The largest absolute Gasteiger partial charge is 0.336 e. The van der Waals surface area contributed by atoms with Gasteiger partial charge < -0.3 is 10.6 Å². The number of para-hydroxylation sites is 1. The molecule has 1 saturated heterocycles. The average Bonchev–Trinajstić information content (AvgIpc) is 3.05. The first kappa shape index (κ1) is 12.1. The molecule has 0 saturated carbocycles.